The highest BCUT2D eigenvalue weighted by Gasteiger charge is 2.07. The Morgan fingerprint density at radius 2 is 1.88 bits per heavy atom. The lowest BCUT2D eigenvalue weighted by molar-refractivity contribution is 0.275. The fraction of sp³-hybridized carbons (Fsp3) is 0.0909. The molecule has 17 heavy (non-hydrogen) atoms. The van der Waals surface area contributed by atoms with Crippen LogP contribution in [0.3, 0.4) is 0 Å². The Bertz CT molecular complexity index is 535. The Kier molecular flexibility index (Phi) is 4.09. The molecular formula is C11H8Br2N2O2. The van der Waals surface area contributed by atoms with Crippen LogP contribution in [0.4, 0.5) is 0 Å². The monoisotopic (exact) mass is 358 g/mol. The Balaban J connectivity index is 2.29. The van der Waals surface area contributed by atoms with Crippen LogP contribution in [0.25, 0.3) is 0 Å². The number of aliphatic hydroxyl groups excluding tert-OH is 1. The molecule has 0 aliphatic heterocycles. The van der Waals surface area contributed by atoms with Crippen LogP contribution in [-0.4, -0.2) is 15.1 Å². The molecule has 0 aliphatic carbocycles. The molecule has 2 rings (SSSR count). The molecule has 0 unspecified atom stereocenters. The van der Waals surface area contributed by atoms with Crippen molar-refractivity contribution in [3.8, 4) is 11.6 Å². The minimum Gasteiger partial charge on any atom is -0.437 e. The summed E-state index contributed by atoms with van der Waals surface area (Å²) in [5.74, 6) is 0.930. The minimum absolute atomic E-state index is 0.136. The number of aromatic nitrogens is 2. The van der Waals surface area contributed by atoms with E-state index in [1.807, 2.05) is 0 Å². The van der Waals surface area contributed by atoms with Gasteiger partial charge in [0.05, 0.1) is 12.8 Å². The van der Waals surface area contributed by atoms with Crippen molar-refractivity contribution in [3.05, 3.63) is 45.2 Å². The van der Waals surface area contributed by atoms with Crippen molar-refractivity contribution in [2.24, 2.45) is 0 Å². The van der Waals surface area contributed by atoms with Crippen LogP contribution in [0.5, 0.6) is 11.6 Å². The van der Waals surface area contributed by atoms with Crippen LogP contribution in [0.2, 0.25) is 0 Å². The van der Waals surface area contributed by atoms with E-state index in [2.05, 4.69) is 41.8 Å². The fourth-order valence-corrected chi connectivity index (χ4v) is 1.96. The third-order valence-corrected chi connectivity index (χ3v) is 2.82. The fourth-order valence-electron chi connectivity index (χ4n) is 1.23. The van der Waals surface area contributed by atoms with Gasteiger partial charge in [-0.05, 0) is 44.0 Å². The highest BCUT2D eigenvalue weighted by Crippen LogP contribution is 2.26. The molecule has 0 saturated carbocycles. The summed E-state index contributed by atoms with van der Waals surface area (Å²) in [5.41, 5.74) is 0.611. The molecule has 2 heterocycles. The van der Waals surface area contributed by atoms with E-state index in [1.54, 1.807) is 30.7 Å². The summed E-state index contributed by atoms with van der Waals surface area (Å²) in [4.78, 5) is 8.08. The van der Waals surface area contributed by atoms with Gasteiger partial charge < -0.3 is 9.84 Å². The molecule has 6 heteroatoms. The molecule has 0 bridgehead atoms. The Hall–Kier alpha value is -0.980. The largest absolute Gasteiger partial charge is 0.437 e. The molecule has 0 spiro atoms. The average Bonchev–Trinajstić information content (AvgIpc) is 2.31. The smallest absolute Gasteiger partial charge is 0.224 e. The van der Waals surface area contributed by atoms with Crippen molar-refractivity contribution in [2.45, 2.75) is 6.61 Å². The molecule has 2 aromatic heterocycles. The maximum absolute atomic E-state index is 9.21. The van der Waals surface area contributed by atoms with E-state index < -0.39 is 0 Å². The van der Waals surface area contributed by atoms with E-state index >= 15 is 0 Å². The molecule has 88 valence electrons. The quantitative estimate of drug-likeness (QED) is 0.913. The van der Waals surface area contributed by atoms with Gasteiger partial charge in [-0.25, -0.2) is 4.98 Å². The van der Waals surface area contributed by atoms with Gasteiger partial charge in [-0.1, -0.05) is 0 Å². The van der Waals surface area contributed by atoms with Gasteiger partial charge in [0.2, 0.25) is 5.88 Å². The lowest BCUT2D eigenvalue weighted by Gasteiger charge is -2.08. The number of ether oxygens (including phenoxy) is 1. The molecular weight excluding hydrogens is 352 g/mol. The summed E-state index contributed by atoms with van der Waals surface area (Å²) in [6.07, 6.45) is 4.85. The van der Waals surface area contributed by atoms with Gasteiger partial charge in [0.1, 0.15) is 5.75 Å². The van der Waals surface area contributed by atoms with E-state index in [0.29, 0.717) is 17.2 Å². The zero-order valence-corrected chi connectivity index (χ0v) is 11.8. The number of aliphatic hydroxyl groups is 1. The third-order valence-electron chi connectivity index (χ3n) is 1.96. The molecule has 2 aromatic rings. The molecule has 0 saturated heterocycles. The highest BCUT2D eigenvalue weighted by atomic mass is 79.9. The van der Waals surface area contributed by atoms with Crippen molar-refractivity contribution >= 4 is 31.9 Å². The zero-order valence-electron chi connectivity index (χ0n) is 8.60. The second kappa shape index (κ2) is 5.57. The summed E-state index contributed by atoms with van der Waals surface area (Å²) in [7, 11) is 0. The lowest BCUT2D eigenvalue weighted by atomic mass is 10.3. The molecule has 0 aliphatic rings. The van der Waals surface area contributed by atoms with Crippen molar-refractivity contribution in [3.63, 3.8) is 0 Å². The first-order valence-electron chi connectivity index (χ1n) is 4.72. The lowest BCUT2D eigenvalue weighted by Crippen LogP contribution is -1.95. The van der Waals surface area contributed by atoms with Gasteiger partial charge in [-0.2, -0.15) is 0 Å². The predicted molar refractivity (Wildman–Crippen MR) is 69.9 cm³/mol. The number of pyridine rings is 2. The van der Waals surface area contributed by atoms with Crippen molar-refractivity contribution in [1.82, 2.24) is 9.97 Å². The number of halogens is 2. The highest BCUT2D eigenvalue weighted by molar-refractivity contribution is 9.10. The Morgan fingerprint density at radius 1 is 1.12 bits per heavy atom. The number of rotatable bonds is 3. The van der Waals surface area contributed by atoms with Gasteiger partial charge in [-0.15, -0.1) is 0 Å². The van der Waals surface area contributed by atoms with Crippen molar-refractivity contribution in [1.29, 1.82) is 0 Å². The standard InChI is InChI=1S/C11H8Br2N2O2/c12-8-1-7(6-16)11(15-4-8)17-10-2-9(13)3-14-5-10/h1-5,16H,6H2. The Labute approximate surface area is 115 Å². The molecule has 0 atom stereocenters. The predicted octanol–water partition coefficient (Wildman–Crippen LogP) is 3.29. The van der Waals surface area contributed by atoms with Crippen LogP contribution in [-0.2, 0) is 6.61 Å². The summed E-state index contributed by atoms with van der Waals surface area (Å²) in [6, 6.07) is 3.53. The normalized spacial score (nSPS) is 10.3. The van der Waals surface area contributed by atoms with E-state index in [9.17, 15) is 5.11 Å². The molecule has 1 N–H and O–H groups in total. The zero-order chi connectivity index (χ0) is 12.3. The first-order chi connectivity index (χ1) is 8.19. The number of hydrogen-bond acceptors (Lipinski definition) is 4. The van der Waals surface area contributed by atoms with E-state index in [1.165, 1.54) is 0 Å². The van der Waals surface area contributed by atoms with E-state index in [-0.39, 0.29) is 6.61 Å². The molecule has 0 amide bonds. The van der Waals surface area contributed by atoms with Crippen LogP contribution in [0, 0.1) is 0 Å². The van der Waals surface area contributed by atoms with Crippen LogP contribution in [0.15, 0.2) is 39.7 Å². The van der Waals surface area contributed by atoms with Crippen LogP contribution >= 0.6 is 31.9 Å². The van der Waals surface area contributed by atoms with Gasteiger partial charge in [0.15, 0.2) is 0 Å². The average molecular weight is 360 g/mol. The van der Waals surface area contributed by atoms with E-state index in [4.69, 9.17) is 4.74 Å². The second-order valence-electron chi connectivity index (χ2n) is 3.22. The third kappa shape index (κ3) is 3.24. The molecule has 4 nitrogen and oxygen atoms in total. The van der Waals surface area contributed by atoms with Gasteiger partial charge in [-0.3, -0.25) is 4.98 Å². The Morgan fingerprint density at radius 3 is 2.59 bits per heavy atom. The maximum Gasteiger partial charge on any atom is 0.224 e. The summed E-state index contributed by atoms with van der Waals surface area (Å²) in [6.45, 7) is -0.136. The minimum atomic E-state index is -0.136. The topological polar surface area (TPSA) is 55.2 Å². The maximum atomic E-state index is 9.21. The first-order valence-corrected chi connectivity index (χ1v) is 6.31. The SMILES string of the molecule is OCc1cc(Br)cnc1Oc1cncc(Br)c1. The summed E-state index contributed by atoms with van der Waals surface area (Å²) >= 11 is 6.59. The van der Waals surface area contributed by atoms with Crippen molar-refractivity contribution in [2.75, 3.05) is 0 Å². The molecule has 0 fully saturated rings. The summed E-state index contributed by atoms with van der Waals surface area (Å²) in [5, 5.41) is 9.21. The van der Waals surface area contributed by atoms with Crippen molar-refractivity contribution < 1.29 is 9.84 Å². The molecule has 0 aromatic carbocycles. The molecule has 0 radical (unpaired) electrons. The van der Waals surface area contributed by atoms with Gasteiger partial charge in [0.25, 0.3) is 0 Å². The number of hydrogen-bond donors (Lipinski definition) is 1. The van der Waals surface area contributed by atoms with E-state index in [0.717, 1.165) is 8.95 Å². The van der Waals surface area contributed by atoms with Gasteiger partial charge >= 0.3 is 0 Å². The first kappa shape index (κ1) is 12.5. The second-order valence-corrected chi connectivity index (χ2v) is 5.05. The summed E-state index contributed by atoms with van der Waals surface area (Å²) < 4.78 is 7.16. The number of nitrogens with zero attached hydrogens (tertiary/aromatic N) is 2. The van der Waals surface area contributed by atoms with Crippen LogP contribution in [0.1, 0.15) is 5.56 Å². The van der Waals surface area contributed by atoms with Crippen LogP contribution < -0.4 is 4.74 Å². The van der Waals surface area contributed by atoms with Gasteiger partial charge in [0, 0.05) is 26.9 Å².